The van der Waals surface area contributed by atoms with Crippen molar-refractivity contribution in [2.45, 2.75) is 20.8 Å². The van der Waals surface area contributed by atoms with E-state index in [0.717, 1.165) is 19.6 Å². The van der Waals surface area contributed by atoms with Gasteiger partial charge < -0.3 is 5.48 Å². The van der Waals surface area contributed by atoms with E-state index < -0.39 is 0 Å². The molecule has 0 aliphatic heterocycles. The summed E-state index contributed by atoms with van der Waals surface area (Å²) in [4.78, 5) is 0. The van der Waals surface area contributed by atoms with Crippen LogP contribution in [0.3, 0.4) is 0 Å². The highest BCUT2D eigenvalue weighted by Gasteiger charge is 2.15. The molecule has 0 aromatic carbocycles. The van der Waals surface area contributed by atoms with Gasteiger partial charge in [0.25, 0.3) is 0 Å². The summed E-state index contributed by atoms with van der Waals surface area (Å²) >= 11 is 0. The molecule has 0 bridgehead atoms. The SMILES string of the molecule is CC[N+](O)(CC)CC.[OH-]. The van der Waals surface area contributed by atoms with Crippen molar-refractivity contribution in [1.82, 2.24) is 0 Å². The number of quaternary nitrogens is 1. The average Bonchev–Trinajstić information content (AvgIpc) is 1.87. The van der Waals surface area contributed by atoms with E-state index in [-0.39, 0.29) is 10.1 Å². The highest BCUT2D eigenvalue weighted by Crippen LogP contribution is 1.97. The lowest BCUT2D eigenvalue weighted by molar-refractivity contribution is -1.10. The van der Waals surface area contributed by atoms with Crippen LogP contribution >= 0.6 is 0 Å². The minimum atomic E-state index is 0. The maximum atomic E-state index is 9.38. The zero-order valence-electron chi connectivity index (χ0n) is 6.46. The minimum absolute atomic E-state index is 0. The van der Waals surface area contributed by atoms with Crippen LogP contribution in [0.1, 0.15) is 20.8 Å². The maximum Gasteiger partial charge on any atom is 0.106 e. The first-order valence-electron chi connectivity index (χ1n) is 3.27. The van der Waals surface area contributed by atoms with E-state index in [4.69, 9.17) is 0 Å². The second-order valence-electron chi connectivity index (χ2n) is 2.04. The summed E-state index contributed by atoms with van der Waals surface area (Å²) in [5.74, 6) is 0. The van der Waals surface area contributed by atoms with Gasteiger partial charge in [-0.3, -0.25) is 0 Å². The molecule has 0 amide bonds. The lowest BCUT2D eigenvalue weighted by Crippen LogP contribution is -2.43. The normalized spacial score (nSPS) is 10.7. The van der Waals surface area contributed by atoms with Crippen LogP contribution in [0.5, 0.6) is 0 Å². The Bertz CT molecular complexity index is 53.8. The lowest BCUT2D eigenvalue weighted by atomic mass is 10.5. The van der Waals surface area contributed by atoms with E-state index >= 15 is 0 Å². The Morgan fingerprint density at radius 3 is 1.22 bits per heavy atom. The second-order valence-corrected chi connectivity index (χ2v) is 2.04. The molecule has 0 saturated carbocycles. The number of hydrogen-bond acceptors (Lipinski definition) is 2. The van der Waals surface area contributed by atoms with Crippen LogP contribution in [0.4, 0.5) is 0 Å². The zero-order valence-corrected chi connectivity index (χ0v) is 6.46. The molecule has 0 radical (unpaired) electrons. The molecule has 0 aliphatic carbocycles. The summed E-state index contributed by atoms with van der Waals surface area (Å²) in [5, 5.41) is 9.38. The first kappa shape index (κ1) is 11.6. The fraction of sp³-hybridized carbons (Fsp3) is 1.00. The Morgan fingerprint density at radius 2 is 1.22 bits per heavy atom. The molecule has 0 spiro atoms. The van der Waals surface area contributed by atoms with Crippen LogP contribution < -0.4 is 0 Å². The van der Waals surface area contributed by atoms with Crippen LogP contribution in [0, 0.1) is 0 Å². The van der Waals surface area contributed by atoms with Gasteiger partial charge in [-0.2, -0.15) is 4.65 Å². The van der Waals surface area contributed by atoms with Gasteiger partial charge in [0.15, 0.2) is 0 Å². The molecule has 58 valence electrons. The molecule has 0 heterocycles. The molecule has 3 nitrogen and oxygen atoms in total. The molecule has 0 atom stereocenters. The molecular weight excluding hydrogens is 118 g/mol. The minimum Gasteiger partial charge on any atom is -0.870 e. The summed E-state index contributed by atoms with van der Waals surface area (Å²) in [6.45, 7) is 8.42. The third-order valence-corrected chi connectivity index (χ3v) is 1.77. The van der Waals surface area contributed by atoms with Gasteiger partial charge in [-0.25, -0.2) is 5.21 Å². The van der Waals surface area contributed by atoms with E-state index in [1.54, 1.807) is 0 Å². The van der Waals surface area contributed by atoms with Crippen molar-refractivity contribution in [3.05, 3.63) is 0 Å². The number of hydrogen-bond donors (Lipinski definition) is 1. The molecule has 2 N–H and O–H groups in total. The molecule has 0 saturated heterocycles. The molecule has 9 heavy (non-hydrogen) atoms. The fourth-order valence-electron chi connectivity index (χ4n) is 0.671. The predicted molar refractivity (Wildman–Crippen MR) is 35.6 cm³/mol. The zero-order chi connectivity index (χ0) is 6.62. The molecule has 0 unspecified atom stereocenters. The highest BCUT2D eigenvalue weighted by atomic mass is 16.5. The summed E-state index contributed by atoms with van der Waals surface area (Å²) in [6, 6.07) is 0. The Balaban J connectivity index is 0. The van der Waals surface area contributed by atoms with Crippen molar-refractivity contribution >= 4 is 0 Å². The smallest absolute Gasteiger partial charge is 0.106 e. The standard InChI is InChI=1S/C6H16NO.H2O/c1-4-7(8,5-2)6-3;/h8H,4-6H2,1-3H3;1H2/q+1;/p-1. The summed E-state index contributed by atoms with van der Waals surface area (Å²) < 4.78 is 0.208. The Labute approximate surface area is 56.8 Å². The van der Waals surface area contributed by atoms with E-state index in [9.17, 15) is 5.21 Å². The third-order valence-electron chi connectivity index (χ3n) is 1.77. The Hall–Kier alpha value is -0.120. The van der Waals surface area contributed by atoms with Gasteiger partial charge in [-0.1, -0.05) is 0 Å². The van der Waals surface area contributed by atoms with Crippen molar-refractivity contribution in [2.24, 2.45) is 0 Å². The van der Waals surface area contributed by atoms with E-state index in [1.807, 2.05) is 20.8 Å². The van der Waals surface area contributed by atoms with Crippen molar-refractivity contribution in [3.8, 4) is 0 Å². The van der Waals surface area contributed by atoms with E-state index in [1.165, 1.54) is 0 Å². The van der Waals surface area contributed by atoms with Crippen LogP contribution in [-0.2, 0) is 0 Å². The second kappa shape index (κ2) is 4.73. The first-order valence-corrected chi connectivity index (χ1v) is 3.27. The van der Waals surface area contributed by atoms with Crippen LogP contribution in [-0.4, -0.2) is 35.0 Å². The number of rotatable bonds is 3. The third kappa shape index (κ3) is 3.46. The number of hydroxylamine groups is 3. The molecule has 0 aliphatic rings. The van der Waals surface area contributed by atoms with Crippen LogP contribution in [0.2, 0.25) is 0 Å². The molecule has 0 fully saturated rings. The molecular formula is C6H17NO2. The van der Waals surface area contributed by atoms with E-state index in [0.29, 0.717) is 0 Å². The molecule has 0 aromatic heterocycles. The predicted octanol–water partition coefficient (Wildman–Crippen LogP) is 1.08. The molecule has 3 heteroatoms. The fourth-order valence-corrected chi connectivity index (χ4v) is 0.671. The highest BCUT2D eigenvalue weighted by molar-refractivity contribution is 4.18. The van der Waals surface area contributed by atoms with Gasteiger partial charge in [-0.15, -0.1) is 0 Å². The quantitative estimate of drug-likeness (QED) is 0.465. The molecule has 0 aromatic rings. The Kier molecular flexibility index (Phi) is 6.12. The van der Waals surface area contributed by atoms with Gasteiger partial charge in [0.05, 0.1) is 0 Å². The Morgan fingerprint density at radius 1 is 1.00 bits per heavy atom. The van der Waals surface area contributed by atoms with Crippen molar-refractivity contribution in [2.75, 3.05) is 19.6 Å². The lowest BCUT2D eigenvalue weighted by Gasteiger charge is -2.25. The summed E-state index contributed by atoms with van der Waals surface area (Å²) in [7, 11) is 0. The van der Waals surface area contributed by atoms with Crippen molar-refractivity contribution in [1.29, 1.82) is 0 Å². The molecule has 0 rings (SSSR count). The van der Waals surface area contributed by atoms with E-state index in [2.05, 4.69) is 0 Å². The van der Waals surface area contributed by atoms with Crippen molar-refractivity contribution in [3.63, 3.8) is 0 Å². The summed E-state index contributed by atoms with van der Waals surface area (Å²) in [6.07, 6.45) is 0. The van der Waals surface area contributed by atoms with Gasteiger partial charge >= 0.3 is 0 Å². The van der Waals surface area contributed by atoms with Gasteiger partial charge in [0.2, 0.25) is 0 Å². The monoisotopic (exact) mass is 135 g/mol. The van der Waals surface area contributed by atoms with Crippen LogP contribution in [0.15, 0.2) is 0 Å². The van der Waals surface area contributed by atoms with Crippen LogP contribution in [0.25, 0.3) is 0 Å². The van der Waals surface area contributed by atoms with Crippen molar-refractivity contribution < 1.29 is 15.3 Å². The topological polar surface area (TPSA) is 50.2 Å². The summed E-state index contributed by atoms with van der Waals surface area (Å²) in [5.41, 5.74) is 0. The first-order chi connectivity index (χ1) is 3.68. The maximum absolute atomic E-state index is 9.38. The van der Waals surface area contributed by atoms with Gasteiger partial charge in [0, 0.05) is 0 Å². The van der Waals surface area contributed by atoms with Gasteiger partial charge in [-0.05, 0) is 20.8 Å². The largest absolute Gasteiger partial charge is 0.870 e. The van der Waals surface area contributed by atoms with Gasteiger partial charge in [0.1, 0.15) is 19.6 Å². The number of nitrogens with zero attached hydrogens (tertiary/aromatic N) is 1. The average molecular weight is 135 g/mol.